The lowest BCUT2D eigenvalue weighted by Crippen LogP contribution is -2.22. The van der Waals surface area contributed by atoms with Crippen molar-refractivity contribution >= 4 is 34.8 Å². The van der Waals surface area contributed by atoms with E-state index >= 15 is 0 Å². The Morgan fingerprint density at radius 2 is 1.58 bits per heavy atom. The third-order valence-corrected chi connectivity index (χ3v) is 3.76. The van der Waals surface area contributed by atoms with Crippen molar-refractivity contribution in [1.29, 1.82) is 0 Å². The van der Waals surface area contributed by atoms with Crippen molar-refractivity contribution in [2.45, 2.75) is 19.0 Å². The summed E-state index contributed by atoms with van der Waals surface area (Å²) in [4.78, 5) is 45.2. The Labute approximate surface area is 173 Å². The number of amides is 2. The van der Waals surface area contributed by atoms with Crippen molar-refractivity contribution in [2.24, 2.45) is 0 Å². The molecule has 0 radical (unpaired) electrons. The summed E-state index contributed by atoms with van der Waals surface area (Å²) in [5.74, 6) is -2.26. The molecular formula is C19H16F3N3O6. The summed E-state index contributed by atoms with van der Waals surface area (Å²) in [5.41, 5.74) is -0.908. The molecule has 0 bridgehead atoms. The van der Waals surface area contributed by atoms with Crippen molar-refractivity contribution in [1.82, 2.24) is 0 Å². The lowest BCUT2D eigenvalue weighted by molar-refractivity contribution is -0.384. The van der Waals surface area contributed by atoms with Crippen LogP contribution >= 0.6 is 0 Å². The molecule has 164 valence electrons. The van der Waals surface area contributed by atoms with Crippen LogP contribution in [0.2, 0.25) is 0 Å². The van der Waals surface area contributed by atoms with Crippen molar-refractivity contribution in [2.75, 3.05) is 17.2 Å². The van der Waals surface area contributed by atoms with Gasteiger partial charge in [0.1, 0.15) is 0 Å². The summed E-state index contributed by atoms with van der Waals surface area (Å²) >= 11 is 0. The van der Waals surface area contributed by atoms with Gasteiger partial charge < -0.3 is 15.4 Å². The number of esters is 1. The molecule has 0 fully saturated rings. The third-order valence-electron chi connectivity index (χ3n) is 3.76. The fourth-order valence-corrected chi connectivity index (χ4v) is 2.29. The molecule has 0 aromatic heterocycles. The minimum atomic E-state index is -4.57. The van der Waals surface area contributed by atoms with Crippen LogP contribution < -0.4 is 10.6 Å². The van der Waals surface area contributed by atoms with Crippen LogP contribution in [0.3, 0.4) is 0 Å². The Kier molecular flexibility index (Phi) is 7.66. The number of hydrogen-bond donors (Lipinski definition) is 2. The molecule has 0 saturated carbocycles. The smallest absolute Gasteiger partial charge is 0.416 e. The minimum Gasteiger partial charge on any atom is -0.456 e. The number of carbonyl (C=O) groups excluding carboxylic acids is 3. The number of nitro benzene ring substituents is 1. The number of nitrogens with zero attached hydrogens (tertiary/aromatic N) is 1. The van der Waals surface area contributed by atoms with E-state index in [1.165, 1.54) is 30.3 Å². The third kappa shape index (κ3) is 7.76. The van der Waals surface area contributed by atoms with E-state index in [0.29, 0.717) is 5.69 Å². The van der Waals surface area contributed by atoms with Crippen LogP contribution in [-0.4, -0.2) is 29.3 Å². The van der Waals surface area contributed by atoms with E-state index in [-0.39, 0.29) is 24.2 Å². The lowest BCUT2D eigenvalue weighted by atomic mass is 10.2. The molecular weight excluding hydrogens is 423 g/mol. The second-order valence-electron chi connectivity index (χ2n) is 6.14. The number of non-ortho nitro benzene ring substituents is 1. The first kappa shape index (κ1) is 23.3. The zero-order chi connectivity index (χ0) is 23.0. The average Bonchev–Trinajstić information content (AvgIpc) is 2.70. The van der Waals surface area contributed by atoms with Gasteiger partial charge in [-0.15, -0.1) is 0 Å². The molecule has 0 aliphatic carbocycles. The number of nitro groups is 1. The van der Waals surface area contributed by atoms with E-state index < -0.39 is 41.1 Å². The molecule has 12 heteroatoms. The largest absolute Gasteiger partial charge is 0.456 e. The summed E-state index contributed by atoms with van der Waals surface area (Å²) in [5, 5.41) is 15.2. The van der Waals surface area contributed by atoms with E-state index in [2.05, 4.69) is 15.4 Å². The monoisotopic (exact) mass is 439 g/mol. The van der Waals surface area contributed by atoms with Crippen LogP contribution in [0.1, 0.15) is 18.4 Å². The van der Waals surface area contributed by atoms with E-state index in [1.807, 2.05) is 0 Å². The summed E-state index contributed by atoms with van der Waals surface area (Å²) in [6.45, 7) is -0.737. The van der Waals surface area contributed by atoms with Gasteiger partial charge in [0.15, 0.2) is 6.61 Å². The Bertz CT molecular complexity index is 977. The Balaban J connectivity index is 1.73. The zero-order valence-electron chi connectivity index (χ0n) is 15.8. The lowest BCUT2D eigenvalue weighted by Gasteiger charge is -2.10. The number of hydrogen-bond acceptors (Lipinski definition) is 6. The number of benzene rings is 2. The van der Waals surface area contributed by atoms with Crippen LogP contribution in [0.25, 0.3) is 0 Å². The fraction of sp³-hybridized carbons (Fsp3) is 0.211. The van der Waals surface area contributed by atoms with E-state index in [4.69, 9.17) is 0 Å². The zero-order valence-corrected chi connectivity index (χ0v) is 15.8. The van der Waals surface area contributed by atoms with Gasteiger partial charge in [0.25, 0.3) is 11.6 Å². The predicted octanol–water partition coefficient (Wildman–Crippen LogP) is 3.51. The number of rotatable bonds is 8. The maximum Gasteiger partial charge on any atom is 0.416 e. The van der Waals surface area contributed by atoms with Crippen LogP contribution in [0.15, 0.2) is 48.5 Å². The van der Waals surface area contributed by atoms with Gasteiger partial charge in [-0.25, -0.2) is 0 Å². The molecule has 2 aromatic carbocycles. The van der Waals surface area contributed by atoms with Crippen LogP contribution in [0, 0.1) is 10.1 Å². The highest BCUT2D eigenvalue weighted by atomic mass is 19.4. The Morgan fingerprint density at radius 3 is 2.19 bits per heavy atom. The normalized spacial score (nSPS) is 10.8. The Morgan fingerprint density at radius 1 is 0.935 bits per heavy atom. The van der Waals surface area contributed by atoms with Crippen molar-refractivity contribution in [3.8, 4) is 0 Å². The molecule has 9 nitrogen and oxygen atoms in total. The average molecular weight is 439 g/mol. The molecule has 2 N–H and O–H groups in total. The summed E-state index contributed by atoms with van der Waals surface area (Å²) in [6, 6.07) is 9.00. The van der Waals surface area contributed by atoms with Gasteiger partial charge in [0.2, 0.25) is 5.91 Å². The molecule has 0 aliphatic rings. The quantitative estimate of drug-likeness (QED) is 0.368. The molecule has 0 unspecified atom stereocenters. The van der Waals surface area contributed by atoms with Crippen molar-refractivity contribution in [3.05, 3.63) is 64.2 Å². The second-order valence-corrected chi connectivity index (χ2v) is 6.14. The molecule has 2 aromatic rings. The van der Waals surface area contributed by atoms with Crippen molar-refractivity contribution < 1.29 is 37.2 Å². The first-order chi connectivity index (χ1) is 14.5. The van der Waals surface area contributed by atoms with Gasteiger partial charge in [0.05, 0.1) is 16.9 Å². The van der Waals surface area contributed by atoms with Gasteiger partial charge in [-0.2, -0.15) is 13.2 Å². The minimum absolute atomic E-state index is 0.113. The summed E-state index contributed by atoms with van der Waals surface area (Å²) in [7, 11) is 0. The van der Waals surface area contributed by atoms with E-state index in [1.54, 1.807) is 0 Å². The molecule has 2 amide bonds. The molecule has 31 heavy (non-hydrogen) atoms. The number of ether oxygens (including phenoxy) is 1. The highest BCUT2D eigenvalue weighted by Crippen LogP contribution is 2.30. The highest BCUT2D eigenvalue weighted by molar-refractivity contribution is 5.94. The molecule has 0 atom stereocenters. The van der Waals surface area contributed by atoms with Gasteiger partial charge >= 0.3 is 12.1 Å². The SMILES string of the molecule is O=C(CCC(=O)OCC(=O)Nc1cccc(C(F)(F)F)c1)Nc1ccc([N+](=O)[O-])cc1. The number of carbonyl (C=O) groups is 3. The molecule has 0 spiro atoms. The highest BCUT2D eigenvalue weighted by Gasteiger charge is 2.30. The summed E-state index contributed by atoms with van der Waals surface area (Å²) in [6.07, 6.45) is -5.19. The van der Waals surface area contributed by atoms with Gasteiger partial charge in [-0.05, 0) is 30.3 Å². The number of alkyl halides is 3. The van der Waals surface area contributed by atoms with E-state index in [9.17, 15) is 37.7 Å². The van der Waals surface area contributed by atoms with Crippen LogP contribution in [0.4, 0.5) is 30.2 Å². The van der Waals surface area contributed by atoms with Gasteiger partial charge in [0, 0.05) is 29.9 Å². The maximum absolute atomic E-state index is 12.7. The topological polar surface area (TPSA) is 128 Å². The predicted molar refractivity (Wildman–Crippen MR) is 102 cm³/mol. The maximum atomic E-state index is 12.7. The molecule has 0 aliphatic heterocycles. The summed E-state index contributed by atoms with van der Waals surface area (Å²) < 4.78 is 42.7. The van der Waals surface area contributed by atoms with Crippen LogP contribution in [-0.2, 0) is 25.3 Å². The van der Waals surface area contributed by atoms with Gasteiger partial charge in [-0.1, -0.05) is 6.07 Å². The first-order valence-corrected chi connectivity index (χ1v) is 8.71. The number of halogens is 3. The van der Waals surface area contributed by atoms with Crippen LogP contribution in [0.5, 0.6) is 0 Å². The van der Waals surface area contributed by atoms with Gasteiger partial charge in [-0.3, -0.25) is 24.5 Å². The first-order valence-electron chi connectivity index (χ1n) is 8.71. The second kappa shape index (κ2) is 10.2. The molecule has 0 heterocycles. The fourth-order valence-electron chi connectivity index (χ4n) is 2.29. The number of anilines is 2. The number of nitrogens with one attached hydrogen (secondary N) is 2. The molecule has 2 rings (SSSR count). The molecule has 0 saturated heterocycles. The van der Waals surface area contributed by atoms with Crippen molar-refractivity contribution in [3.63, 3.8) is 0 Å². The standard InChI is InChI=1S/C19H16F3N3O6/c20-19(21,22)12-2-1-3-14(10-12)24-17(27)11-31-18(28)9-8-16(26)23-13-4-6-15(7-5-13)25(29)30/h1-7,10H,8-9,11H2,(H,23,26)(H,24,27). The van der Waals surface area contributed by atoms with E-state index in [0.717, 1.165) is 18.2 Å². The Hall–Kier alpha value is -3.96.